The van der Waals surface area contributed by atoms with Crippen LogP contribution in [0.3, 0.4) is 0 Å². The van der Waals surface area contributed by atoms with E-state index in [0.29, 0.717) is 5.56 Å². The number of thiocarbonyl (C=S) groups is 1. The minimum atomic E-state index is -0.639. The van der Waals surface area contributed by atoms with Gasteiger partial charge in [-0.3, -0.25) is 0 Å². The molecule has 82 valence electrons. The van der Waals surface area contributed by atoms with E-state index in [1.165, 1.54) is 12.1 Å². The Hall–Kier alpha value is -1.20. The molecule has 0 fully saturated rings. The number of hydrogen-bond donors (Lipinski definition) is 2. The molecule has 0 saturated carbocycles. The average Bonchev–Trinajstić information content (AvgIpc) is 2.15. The molecule has 1 aromatic rings. The van der Waals surface area contributed by atoms with E-state index >= 15 is 0 Å². The Bertz CT molecular complexity index is 368. The average molecular weight is 229 g/mol. The predicted molar refractivity (Wildman–Crippen MR) is 59.5 cm³/mol. The van der Waals surface area contributed by atoms with Gasteiger partial charge in [0.05, 0.1) is 6.10 Å². The molecule has 1 aromatic carbocycles. The fourth-order valence-corrected chi connectivity index (χ4v) is 1.11. The molecule has 15 heavy (non-hydrogen) atoms. The SMILES string of the molecule is CC(O)COc1ccc(C(N)=S)cc1F. The highest BCUT2D eigenvalue weighted by atomic mass is 32.1. The summed E-state index contributed by atoms with van der Waals surface area (Å²) in [5.41, 5.74) is 5.79. The molecular weight excluding hydrogens is 217 g/mol. The zero-order valence-corrected chi connectivity index (χ0v) is 9.05. The molecule has 0 aliphatic carbocycles. The molecule has 0 aliphatic heterocycles. The summed E-state index contributed by atoms with van der Waals surface area (Å²) in [4.78, 5) is 0.135. The molecule has 0 radical (unpaired) electrons. The predicted octanol–water partition coefficient (Wildman–Crippen LogP) is 1.22. The van der Waals surface area contributed by atoms with Crippen LogP contribution in [-0.2, 0) is 0 Å². The third kappa shape index (κ3) is 3.45. The second-order valence-corrected chi connectivity index (χ2v) is 3.61. The fraction of sp³-hybridized carbons (Fsp3) is 0.300. The van der Waals surface area contributed by atoms with Crippen LogP contribution < -0.4 is 10.5 Å². The van der Waals surface area contributed by atoms with Crippen LogP contribution in [0.25, 0.3) is 0 Å². The second kappa shape index (κ2) is 5.04. The lowest BCUT2D eigenvalue weighted by Gasteiger charge is -2.09. The summed E-state index contributed by atoms with van der Waals surface area (Å²) in [6.07, 6.45) is -0.639. The lowest BCUT2D eigenvalue weighted by atomic mass is 10.2. The minimum absolute atomic E-state index is 0.0450. The van der Waals surface area contributed by atoms with Crippen molar-refractivity contribution >= 4 is 17.2 Å². The third-order valence-electron chi connectivity index (χ3n) is 1.70. The topological polar surface area (TPSA) is 55.5 Å². The summed E-state index contributed by atoms with van der Waals surface area (Å²) in [6, 6.07) is 4.22. The molecule has 3 nitrogen and oxygen atoms in total. The van der Waals surface area contributed by atoms with E-state index < -0.39 is 11.9 Å². The highest BCUT2D eigenvalue weighted by molar-refractivity contribution is 7.80. The van der Waals surface area contributed by atoms with E-state index in [1.54, 1.807) is 13.0 Å². The number of aliphatic hydroxyl groups excluding tert-OH is 1. The molecule has 0 heterocycles. The van der Waals surface area contributed by atoms with Crippen molar-refractivity contribution in [1.82, 2.24) is 0 Å². The van der Waals surface area contributed by atoms with Gasteiger partial charge >= 0.3 is 0 Å². The van der Waals surface area contributed by atoms with Crippen molar-refractivity contribution in [3.8, 4) is 5.75 Å². The summed E-state index contributed by atoms with van der Waals surface area (Å²) in [6.45, 7) is 1.60. The monoisotopic (exact) mass is 229 g/mol. The standard InChI is InChI=1S/C10H12FNO2S/c1-6(13)5-14-9-3-2-7(10(12)15)4-8(9)11/h2-4,6,13H,5H2,1H3,(H2,12,15). The smallest absolute Gasteiger partial charge is 0.165 e. The van der Waals surface area contributed by atoms with Crippen molar-refractivity contribution in [1.29, 1.82) is 0 Å². The van der Waals surface area contributed by atoms with E-state index in [2.05, 4.69) is 0 Å². The number of nitrogens with two attached hydrogens (primary N) is 1. The molecule has 1 unspecified atom stereocenters. The van der Waals surface area contributed by atoms with Crippen LogP contribution in [0.2, 0.25) is 0 Å². The third-order valence-corrected chi connectivity index (χ3v) is 1.93. The molecule has 0 saturated heterocycles. The van der Waals surface area contributed by atoms with Crippen LogP contribution in [0.1, 0.15) is 12.5 Å². The summed E-state index contributed by atoms with van der Waals surface area (Å²) in [5.74, 6) is -0.461. The molecule has 0 bridgehead atoms. The van der Waals surface area contributed by atoms with Gasteiger partial charge in [0.1, 0.15) is 11.6 Å². The van der Waals surface area contributed by atoms with Gasteiger partial charge < -0.3 is 15.6 Å². The molecule has 0 amide bonds. The minimum Gasteiger partial charge on any atom is -0.488 e. The van der Waals surface area contributed by atoms with E-state index in [4.69, 9.17) is 27.8 Å². The van der Waals surface area contributed by atoms with Crippen molar-refractivity contribution in [3.05, 3.63) is 29.6 Å². The van der Waals surface area contributed by atoms with Gasteiger partial charge in [-0.2, -0.15) is 0 Å². The van der Waals surface area contributed by atoms with Gasteiger partial charge in [-0.25, -0.2) is 4.39 Å². The Kier molecular flexibility index (Phi) is 3.99. The summed E-state index contributed by atoms with van der Waals surface area (Å²) in [5, 5.41) is 8.96. The number of hydrogen-bond acceptors (Lipinski definition) is 3. The van der Waals surface area contributed by atoms with Gasteiger partial charge in [0.25, 0.3) is 0 Å². The zero-order valence-electron chi connectivity index (χ0n) is 8.24. The van der Waals surface area contributed by atoms with E-state index in [1.807, 2.05) is 0 Å². The fourth-order valence-electron chi connectivity index (χ4n) is 0.982. The largest absolute Gasteiger partial charge is 0.488 e. The molecule has 1 atom stereocenters. The number of ether oxygens (including phenoxy) is 1. The number of benzene rings is 1. The molecule has 0 spiro atoms. The quantitative estimate of drug-likeness (QED) is 0.762. The number of halogens is 1. The Morgan fingerprint density at radius 3 is 2.80 bits per heavy atom. The molecule has 3 N–H and O–H groups in total. The second-order valence-electron chi connectivity index (χ2n) is 3.17. The Balaban J connectivity index is 2.79. The lowest BCUT2D eigenvalue weighted by molar-refractivity contribution is 0.120. The molecule has 0 aliphatic rings. The Morgan fingerprint density at radius 2 is 2.33 bits per heavy atom. The van der Waals surface area contributed by atoms with Crippen molar-refractivity contribution < 1.29 is 14.2 Å². The zero-order chi connectivity index (χ0) is 11.4. The van der Waals surface area contributed by atoms with Crippen molar-refractivity contribution in [2.75, 3.05) is 6.61 Å². The van der Waals surface area contributed by atoms with Crippen LogP contribution in [0.4, 0.5) is 4.39 Å². The first-order valence-corrected chi connectivity index (χ1v) is 4.81. The van der Waals surface area contributed by atoms with Crippen molar-refractivity contribution in [2.45, 2.75) is 13.0 Å². The van der Waals surface area contributed by atoms with E-state index in [-0.39, 0.29) is 17.3 Å². The lowest BCUT2D eigenvalue weighted by Crippen LogP contribution is -2.14. The first-order chi connectivity index (χ1) is 7.00. The van der Waals surface area contributed by atoms with E-state index in [9.17, 15) is 4.39 Å². The van der Waals surface area contributed by atoms with Crippen molar-refractivity contribution in [2.24, 2.45) is 5.73 Å². The van der Waals surface area contributed by atoms with Gasteiger partial charge in [0.2, 0.25) is 0 Å². The van der Waals surface area contributed by atoms with Gasteiger partial charge in [0.15, 0.2) is 11.6 Å². The highest BCUT2D eigenvalue weighted by Gasteiger charge is 2.07. The van der Waals surface area contributed by atoms with Crippen LogP contribution in [0.5, 0.6) is 5.75 Å². The van der Waals surface area contributed by atoms with Gasteiger partial charge in [-0.1, -0.05) is 12.2 Å². The number of rotatable bonds is 4. The van der Waals surface area contributed by atoms with Gasteiger partial charge in [-0.15, -0.1) is 0 Å². The maximum absolute atomic E-state index is 13.3. The van der Waals surface area contributed by atoms with Gasteiger partial charge in [-0.05, 0) is 25.1 Å². The molecular formula is C10H12FNO2S. The van der Waals surface area contributed by atoms with Crippen molar-refractivity contribution in [3.63, 3.8) is 0 Å². The normalized spacial score (nSPS) is 12.2. The summed E-state index contributed by atoms with van der Waals surface area (Å²) >= 11 is 4.70. The molecule has 5 heteroatoms. The summed E-state index contributed by atoms with van der Waals surface area (Å²) in [7, 11) is 0. The van der Waals surface area contributed by atoms with Crippen LogP contribution >= 0.6 is 12.2 Å². The van der Waals surface area contributed by atoms with E-state index in [0.717, 1.165) is 0 Å². The Morgan fingerprint density at radius 1 is 1.67 bits per heavy atom. The number of aliphatic hydroxyl groups is 1. The maximum atomic E-state index is 13.3. The van der Waals surface area contributed by atoms with Gasteiger partial charge in [0, 0.05) is 5.56 Å². The molecule has 0 aromatic heterocycles. The van der Waals surface area contributed by atoms with Crippen LogP contribution in [-0.4, -0.2) is 22.8 Å². The maximum Gasteiger partial charge on any atom is 0.165 e. The highest BCUT2D eigenvalue weighted by Crippen LogP contribution is 2.18. The molecule has 1 rings (SSSR count). The first-order valence-electron chi connectivity index (χ1n) is 4.41. The summed E-state index contributed by atoms with van der Waals surface area (Å²) < 4.78 is 18.4. The van der Waals surface area contributed by atoms with Crippen LogP contribution in [0, 0.1) is 5.82 Å². The Labute approximate surface area is 92.7 Å². The van der Waals surface area contributed by atoms with Crippen LogP contribution in [0.15, 0.2) is 18.2 Å². The first kappa shape index (κ1) is 11.9.